The largest absolute Gasteiger partial charge is 0.349 e. The fourth-order valence-corrected chi connectivity index (χ4v) is 2.41. The van der Waals surface area contributed by atoms with Crippen LogP contribution in [0.1, 0.15) is 19.4 Å². The molecule has 4 heteroatoms. The highest BCUT2D eigenvalue weighted by Crippen LogP contribution is 2.22. The first-order valence-corrected chi connectivity index (χ1v) is 7.02. The van der Waals surface area contributed by atoms with Gasteiger partial charge in [0.25, 0.3) is 0 Å². The molecule has 0 fully saturated rings. The minimum Gasteiger partial charge on any atom is -0.349 e. The van der Waals surface area contributed by atoms with Crippen LogP contribution in [0, 0.1) is 3.57 Å². The van der Waals surface area contributed by atoms with Gasteiger partial charge in [-0.2, -0.15) is 0 Å². The van der Waals surface area contributed by atoms with Crippen molar-refractivity contribution in [1.82, 2.24) is 9.97 Å². The van der Waals surface area contributed by atoms with E-state index in [2.05, 4.69) is 75.6 Å². The number of benzene rings is 1. The molecule has 1 aromatic heterocycles. The van der Waals surface area contributed by atoms with E-state index in [-0.39, 0.29) is 0 Å². The molecule has 0 amide bonds. The molecule has 0 bridgehead atoms. The predicted molar refractivity (Wildman–Crippen MR) is 82.5 cm³/mol. The van der Waals surface area contributed by atoms with Crippen LogP contribution in [0.3, 0.4) is 0 Å². The lowest BCUT2D eigenvalue weighted by molar-refractivity contribution is 0.669. The first-order valence-electron chi connectivity index (χ1n) is 5.94. The number of nitrogens with zero attached hydrogens (tertiary/aromatic N) is 3. The molecule has 0 saturated carbocycles. The third-order valence-corrected chi connectivity index (χ3v) is 3.50. The summed E-state index contributed by atoms with van der Waals surface area (Å²) in [6.07, 6.45) is 3.46. The molecule has 3 nitrogen and oxygen atoms in total. The molecule has 1 aromatic carbocycles. The molecule has 0 aliphatic heterocycles. The summed E-state index contributed by atoms with van der Waals surface area (Å²) in [7, 11) is 0. The summed E-state index contributed by atoms with van der Waals surface area (Å²) in [5.41, 5.74) is 1.29. The van der Waals surface area contributed by atoms with E-state index in [0.29, 0.717) is 6.04 Å². The minimum atomic E-state index is 0.397. The van der Waals surface area contributed by atoms with Crippen molar-refractivity contribution in [2.24, 2.45) is 0 Å². The predicted octanol–water partition coefficient (Wildman–Crippen LogP) is 3.50. The Labute approximate surface area is 121 Å². The third-order valence-electron chi connectivity index (χ3n) is 2.74. The smallest absolute Gasteiger partial charge is 0.145 e. The van der Waals surface area contributed by atoms with Crippen molar-refractivity contribution in [2.45, 2.75) is 26.4 Å². The van der Waals surface area contributed by atoms with Gasteiger partial charge in [-0.1, -0.05) is 30.3 Å². The van der Waals surface area contributed by atoms with Gasteiger partial charge < -0.3 is 4.90 Å². The Hall–Kier alpha value is -1.17. The fraction of sp³-hybridized carbons (Fsp3) is 0.286. The molecule has 0 aliphatic carbocycles. The molecular formula is C14H16IN3. The number of anilines is 1. The Morgan fingerprint density at radius 3 is 2.56 bits per heavy atom. The van der Waals surface area contributed by atoms with Crippen LogP contribution >= 0.6 is 22.6 Å². The highest BCUT2D eigenvalue weighted by atomic mass is 127. The molecule has 0 saturated heterocycles. The quantitative estimate of drug-likeness (QED) is 0.788. The van der Waals surface area contributed by atoms with Gasteiger partial charge in [-0.25, -0.2) is 9.97 Å². The summed E-state index contributed by atoms with van der Waals surface area (Å²) in [5.74, 6) is 1.00. The molecule has 94 valence electrons. The number of hydrogen-bond donors (Lipinski definition) is 0. The standard InChI is InChI=1S/C14H16IN3/c1-11(2)18(9-12-6-4-3-5-7-12)14-13(15)8-16-10-17-14/h3-8,10-11H,9H2,1-2H3. The molecule has 2 aromatic rings. The zero-order valence-corrected chi connectivity index (χ0v) is 12.7. The second-order valence-electron chi connectivity index (χ2n) is 4.40. The third kappa shape index (κ3) is 3.19. The van der Waals surface area contributed by atoms with Crippen molar-refractivity contribution in [3.05, 3.63) is 52.0 Å². The van der Waals surface area contributed by atoms with Crippen LogP contribution in [0.15, 0.2) is 42.9 Å². The van der Waals surface area contributed by atoms with Crippen LogP contribution in [0.2, 0.25) is 0 Å². The fourth-order valence-electron chi connectivity index (χ4n) is 1.80. The maximum atomic E-state index is 4.40. The maximum Gasteiger partial charge on any atom is 0.145 e. The normalized spacial score (nSPS) is 10.7. The summed E-state index contributed by atoms with van der Waals surface area (Å²) in [5, 5.41) is 0. The second-order valence-corrected chi connectivity index (χ2v) is 5.56. The molecule has 0 atom stereocenters. The van der Waals surface area contributed by atoms with Crippen molar-refractivity contribution < 1.29 is 0 Å². The Morgan fingerprint density at radius 2 is 1.94 bits per heavy atom. The van der Waals surface area contributed by atoms with Crippen LogP contribution < -0.4 is 4.90 Å². The van der Waals surface area contributed by atoms with Crippen LogP contribution in [0.5, 0.6) is 0 Å². The number of aromatic nitrogens is 2. The van der Waals surface area contributed by atoms with Gasteiger partial charge in [0, 0.05) is 18.8 Å². The zero-order valence-electron chi connectivity index (χ0n) is 10.5. The van der Waals surface area contributed by atoms with Gasteiger partial charge in [-0.05, 0) is 42.0 Å². The van der Waals surface area contributed by atoms with Gasteiger partial charge >= 0.3 is 0 Å². The van der Waals surface area contributed by atoms with E-state index in [1.54, 1.807) is 6.33 Å². The molecule has 18 heavy (non-hydrogen) atoms. The maximum absolute atomic E-state index is 4.40. The van der Waals surface area contributed by atoms with Crippen molar-refractivity contribution in [3.63, 3.8) is 0 Å². The zero-order chi connectivity index (χ0) is 13.0. The average molecular weight is 353 g/mol. The number of rotatable bonds is 4. The van der Waals surface area contributed by atoms with Gasteiger partial charge in [0.05, 0.1) is 3.57 Å². The van der Waals surface area contributed by atoms with Crippen LogP contribution in [-0.2, 0) is 6.54 Å². The molecule has 0 spiro atoms. The van der Waals surface area contributed by atoms with Gasteiger partial charge in [-0.15, -0.1) is 0 Å². The summed E-state index contributed by atoms with van der Waals surface area (Å²) < 4.78 is 1.08. The average Bonchev–Trinajstić information content (AvgIpc) is 2.38. The van der Waals surface area contributed by atoms with E-state index >= 15 is 0 Å². The molecule has 2 rings (SSSR count). The number of hydrogen-bond acceptors (Lipinski definition) is 3. The molecule has 0 unspecified atom stereocenters. The van der Waals surface area contributed by atoms with Gasteiger partial charge in [-0.3, -0.25) is 0 Å². The molecule has 1 heterocycles. The van der Waals surface area contributed by atoms with Crippen LogP contribution in [-0.4, -0.2) is 16.0 Å². The lowest BCUT2D eigenvalue weighted by Crippen LogP contribution is -2.31. The van der Waals surface area contributed by atoms with Gasteiger partial charge in [0.2, 0.25) is 0 Å². The highest BCUT2D eigenvalue weighted by Gasteiger charge is 2.15. The SMILES string of the molecule is CC(C)N(Cc1ccccc1)c1ncncc1I. The first kappa shape index (κ1) is 13.3. The topological polar surface area (TPSA) is 29.0 Å². The Morgan fingerprint density at radius 1 is 1.22 bits per heavy atom. The van der Waals surface area contributed by atoms with Gasteiger partial charge in [0.15, 0.2) is 0 Å². The summed E-state index contributed by atoms with van der Waals surface area (Å²) in [4.78, 5) is 10.7. The van der Waals surface area contributed by atoms with Gasteiger partial charge in [0.1, 0.15) is 12.1 Å². The molecule has 0 radical (unpaired) electrons. The lowest BCUT2D eigenvalue weighted by Gasteiger charge is -2.28. The van der Waals surface area contributed by atoms with E-state index < -0.39 is 0 Å². The number of halogens is 1. The Bertz CT molecular complexity index is 499. The van der Waals surface area contributed by atoms with E-state index in [9.17, 15) is 0 Å². The van der Waals surface area contributed by atoms with Crippen molar-refractivity contribution >= 4 is 28.4 Å². The molecular weight excluding hydrogens is 337 g/mol. The summed E-state index contributed by atoms with van der Waals surface area (Å²) >= 11 is 2.28. The van der Waals surface area contributed by atoms with E-state index in [4.69, 9.17) is 0 Å². The van der Waals surface area contributed by atoms with E-state index in [0.717, 1.165) is 15.9 Å². The molecule has 0 aliphatic rings. The minimum absolute atomic E-state index is 0.397. The lowest BCUT2D eigenvalue weighted by atomic mass is 10.2. The summed E-state index contributed by atoms with van der Waals surface area (Å²) in [6.45, 7) is 5.23. The summed E-state index contributed by atoms with van der Waals surface area (Å²) in [6, 6.07) is 10.9. The van der Waals surface area contributed by atoms with Crippen molar-refractivity contribution in [2.75, 3.05) is 4.90 Å². The highest BCUT2D eigenvalue weighted by molar-refractivity contribution is 14.1. The van der Waals surface area contributed by atoms with Crippen LogP contribution in [0.4, 0.5) is 5.82 Å². The second kappa shape index (κ2) is 6.13. The van der Waals surface area contributed by atoms with Crippen molar-refractivity contribution in [1.29, 1.82) is 0 Å². The monoisotopic (exact) mass is 353 g/mol. The Kier molecular flexibility index (Phi) is 4.52. The van der Waals surface area contributed by atoms with Crippen LogP contribution in [0.25, 0.3) is 0 Å². The van der Waals surface area contributed by atoms with E-state index in [1.807, 2.05) is 12.3 Å². The van der Waals surface area contributed by atoms with E-state index in [1.165, 1.54) is 5.56 Å². The van der Waals surface area contributed by atoms with Crippen molar-refractivity contribution in [3.8, 4) is 0 Å². The molecule has 0 N–H and O–H groups in total. The Balaban J connectivity index is 2.27. The first-order chi connectivity index (χ1) is 8.68.